The highest BCUT2D eigenvalue weighted by Gasteiger charge is 2.27. The van der Waals surface area contributed by atoms with Gasteiger partial charge in [0.1, 0.15) is 12.3 Å². The molecule has 1 amide bonds. The molecular formula is C22H32IN5O3. The number of hydrogen-bond acceptors (Lipinski definition) is 5. The van der Waals surface area contributed by atoms with Crippen molar-refractivity contribution in [3.8, 4) is 0 Å². The van der Waals surface area contributed by atoms with Crippen molar-refractivity contribution in [1.82, 2.24) is 20.5 Å². The van der Waals surface area contributed by atoms with Gasteiger partial charge in [0, 0.05) is 26.2 Å². The molecule has 1 aromatic carbocycles. The van der Waals surface area contributed by atoms with Gasteiger partial charge in [0.25, 0.3) is 0 Å². The number of benzene rings is 1. The molecule has 1 aromatic heterocycles. The second kappa shape index (κ2) is 12.7. The topological polar surface area (TPSA) is 92.0 Å². The Balaban J connectivity index is 0.00000341. The molecule has 1 aliphatic rings. The number of morpholine rings is 1. The van der Waals surface area contributed by atoms with Crippen molar-refractivity contribution in [2.24, 2.45) is 4.99 Å². The van der Waals surface area contributed by atoms with E-state index in [4.69, 9.17) is 9.15 Å². The number of rotatable bonds is 7. The van der Waals surface area contributed by atoms with Gasteiger partial charge in [0.15, 0.2) is 5.96 Å². The van der Waals surface area contributed by atoms with E-state index < -0.39 is 0 Å². The van der Waals surface area contributed by atoms with Crippen molar-refractivity contribution in [2.75, 3.05) is 39.4 Å². The number of aromatic nitrogens is 1. The molecule has 0 bridgehead atoms. The van der Waals surface area contributed by atoms with Gasteiger partial charge in [-0.2, -0.15) is 0 Å². The van der Waals surface area contributed by atoms with Gasteiger partial charge in [0.2, 0.25) is 11.8 Å². The standard InChI is InChI=1S/C22H31N5O3.HI/c1-4-23-22(25-15-20-26-16(2)17(3)30-20)24-14-19(18-8-6-5-7-9-18)21(28)27-10-12-29-13-11-27;/h5-9,19H,4,10-15H2,1-3H3,(H2,23,24,25);1H. The van der Waals surface area contributed by atoms with Crippen molar-refractivity contribution >= 4 is 35.8 Å². The Morgan fingerprint density at radius 2 is 1.90 bits per heavy atom. The maximum Gasteiger partial charge on any atom is 0.232 e. The van der Waals surface area contributed by atoms with Gasteiger partial charge in [-0.25, -0.2) is 9.98 Å². The fraction of sp³-hybridized carbons (Fsp3) is 0.500. The predicted molar refractivity (Wildman–Crippen MR) is 131 cm³/mol. The van der Waals surface area contributed by atoms with E-state index in [0.717, 1.165) is 17.0 Å². The summed E-state index contributed by atoms with van der Waals surface area (Å²) in [6.45, 7) is 9.70. The van der Waals surface area contributed by atoms with Gasteiger partial charge in [-0.1, -0.05) is 30.3 Å². The minimum Gasteiger partial charge on any atom is -0.444 e. The van der Waals surface area contributed by atoms with E-state index >= 15 is 0 Å². The lowest BCUT2D eigenvalue weighted by atomic mass is 9.97. The highest BCUT2D eigenvalue weighted by molar-refractivity contribution is 14.0. The molecule has 1 atom stereocenters. The molecule has 2 aromatic rings. The van der Waals surface area contributed by atoms with E-state index in [0.29, 0.717) is 57.8 Å². The molecule has 1 unspecified atom stereocenters. The number of nitrogens with zero attached hydrogens (tertiary/aromatic N) is 3. The van der Waals surface area contributed by atoms with Gasteiger partial charge < -0.3 is 24.7 Å². The van der Waals surface area contributed by atoms with E-state index in [1.165, 1.54) is 0 Å². The number of hydrogen-bond donors (Lipinski definition) is 2. The zero-order valence-electron chi connectivity index (χ0n) is 18.4. The number of carbonyl (C=O) groups is 1. The third kappa shape index (κ3) is 7.20. The number of oxazole rings is 1. The first-order valence-electron chi connectivity index (χ1n) is 10.4. The fourth-order valence-electron chi connectivity index (χ4n) is 3.33. The van der Waals surface area contributed by atoms with E-state index in [1.54, 1.807) is 0 Å². The lowest BCUT2D eigenvalue weighted by molar-refractivity contribution is -0.136. The van der Waals surface area contributed by atoms with Crippen LogP contribution in [0.1, 0.15) is 35.7 Å². The molecule has 9 heteroatoms. The van der Waals surface area contributed by atoms with Crippen molar-refractivity contribution in [3.05, 3.63) is 53.2 Å². The summed E-state index contributed by atoms with van der Waals surface area (Å²) >= 11 is 0. The summed E-state index contributed by atoms with van der Waals surface area (Å²) in [5, 5.41) is 6.55. The van der Waals surface area contributed by atoms with Crippen molar-refractivity contribution in [2.45, 2.75) is 33.2 Å². The summed E-state index contributed by atoms with van der Waals surface area (Å²) in [5.41, 5.74) is 1.86. The number of aryl methyl sites for hydroxylation is 2. The Morgan fingerprint density at radius 1 is 1.19 bits per heavy atom. The maximum atomic E-state index is 13.2. The molecule has 1 aliphatic heterocycles. The molecule has 1 fully saturated rings. The lowest BCUT2D eigenvalue weighted by Gasteiger charge is -2.31. The molecule has 0 saturated carbocycles. The number of carbonyl (C=O) groups excluding carboxylic acids is 1. The Kier molecular flexibility index (Phi) is 10.3. The number of nitrogens with one attached hydrogen (secondary N) is 2. The molecule has 31 heavy (non-hydrogen) atoms. The first kappa shape index (κ1) is 25.1. The van der Waals surface area contributed by atoms with E-state index in [9.17, 15) is 4.79 Å². The molecule has 2 N–H and O–H groups in total. The number of amides is 1. The van der Waals surface area contributed by atoms with Gasteiger partial charge in [0.05, 0.1) is 24.8 Å². The van der Waals surface area contributed by atoms with Crippen molar-refractivity contribution in [3.63, 3.8) is 0 Å². The van der Waals surface area contributed by atoms with Gasteiger partial charge in [-0.05, 0) is 26.3 Å². The summed E-state index contributed by atoms with van der Waals surface area (Å²) in [6.07, 6.45) is 0. The molecule has 0 spiro atoms. The highest BCUT2D eigenvalue weighted by atomic mass is 127. The number of guanidine groups is 1. The Hall–Kier alpha value is -2.14. The maximum absolute atomic E-state index is 13.2. The smallest absolute Gasteiger partial charge is 0.232 e. The number of ether oxygens (including phenoxy) is 1. The highest BCUT2D eigenvalue weighted by Crippen LogP contribution is 2.19. The summed E-state index contributed by atoms with van der Waals surface area (Å²) in [4.78, 5) is 24.1. The first-order valence-corrected chi connectivity index (χ1v) is 10.4. The van der Waals surface area contributed by atoms with Crippen LogP contribution in [0.25, 0.3) is 0 Å². The van der Waals surface area contributed by atoms with Crippen LogP contribution < -0.4 is 10.6 Å². The van der Waals surface area contributed by atoms with Crippen LogP contribution in [0, 0.1) is 13.8 Å². The van der Waals surface area contributed by atoms with Crippen molar-refractivity contribution < 1.29 is 13.9 Å². The van der Waals surface area contributed by atoms with Crippen LogP contribution in [0.5, 0.6) is 0 Å². The second-order valence-corrected chi connectivity index (χ2v) is 7.23. The van der Waals surface area contributed by atoms with Gasteiger partial charge in [-0.3, -0.25) is 4.79 Å². The molecule has 0 aliphatic carbocycles. The van der Waals surface area contributed by atoms with Crippen LogP contribution in [0.4, 0.5) is 0 Å². The lowest BCUT2D eigenvalue weighted by Crippen LogP contribution is -2.47. The third-order valence-electron chi connectivity index (χ3n) is 5.09. The Labute approximate surface area is 200 Å². The monoisotopic (exact) mass is 541 g/mol. The van der Waals surface area contributed by atoms with Crippen LogP contribution >= 0.6 is 24.0 Å². The third-order valence-corrected chi connectivity index (χ3v) is 5.09. The van der Waals surface area contributed by atoms with Gasteiger partial charge in [-0.15, -0.1) is 24.0 Å². The van der Waals surface area contributed by atoms with Crippen LogP contribution in [0.3, 0.4) is 0 Å². The number of aliphatic imine (C=N–C) groups is 1. The molecule has 2 heterocycles. The van der Waals surface area contributed by atoms with Crippen LogP contribution in [-0.2, 0) is 16.1 Å². The first-order chi connectivity index (χ1) is 14.6. The quantitative estimate of drug-likeness (QED) is 0.318. The SMILES string of the molecule is CCNC(=NCc1nc(C)c(C)o1)NCC(C(=O)N1CCOCC1)c1ccccc1.I. The summed E-state index contributed by atoms with van der Waals surface area (Å²) < 4.78 is 11.0. The zero-order chi connectivity index (χ0) is 21.3. The summed E-state index contributed by atoms with van der Waals surface area (Å²) in [5.74, 6) is 1.80. The Bertz CT molecular complexity index is 831. The molecule has 1 saturated heterocycles. The largest absolute Gasteiger partial charge is 0.444 e. The van der Waals surface area contributed by atoms with Crippen LogP contribution in [0.2, 0.25) is 0 Å². The summed E-state index contributed by atoms with van der Waals surface area (Å²) in [7, 11) is 0. The van der Waals surface area contributed by atoms with E-state index in [2.05, 4.69) is 20.6 Å². The zero-order valence-corrected chi connectivity index (χ0v) is 20.7. The molecule has 170 valence electrons. The van der Waals surface area contributed by atoms with Gasteiger partial charge >= 0.3 is 0 Å². The minimum atomic E-state index is -0.306. The number of halogens is 1. The van der Waals surface area contributed by atoms with E-state index in [1.807, 2.05) is 56.0 Å². The molecular weight excluding hydrogens is 509 g/mol. The molecule has 0 radical (unpaired) electrons. The van der Waals surface area contributed by atoms with E-state index in [-0.39, 0.29) is 35.8 Å². The minimum absolute atomic E-state index is 0. The van der Waals surface area contributed by atoms with Crippen molar-refractivity contribution in [1.29, 1.82) is 0 Å². The summed E-state index contributed by atoms with van der Waals surface area (Å²) in [6, 6.07) is 9.86. The molecule has 8 nitrogen and oxygen atoms in total. The van der Waals surface area contributed by atoms with Crippen LogP contribution in [0.15, 0.2) is 39.7 Å². The normalized spacial score (nSPS) is 15.2. The van der Waals surface area contributed by atoms with Crippen LogP contribution in [-0.4, -0.2) is 61.1 Å². The average Bonchev–Trinajstić information content (AvgIpc) is 3.10. The average molecular weight is 541 g/mol. The fourth-order valence-corrected chi connectivity index (χ4v) is 3.33. The molecule has 3 rings (SSSR count). The second-order valence-electron chi connectivity index (χ2n) is 7.23. The Morgan fingerprint density at radius 3 is 2.52 bits per heavy atom. The predicted octanol–water partition coefficient (Wildman–Crippen LogP) is 2.61.